The van der Waals surface area contributed by atoms with Crippen molar-refractivity contribution in [2.75, 3.05) is 26.1 Å². The van der Waals surface area contributed by atoms with E-state index in [1.54, 1.807) is 7.11 Å². The van der Waals surface area contributed by atoms with Gasteiger partial charge in [0, 0.05) is 41.8 Å². The van der Waals surface area contributed by atoms with Crippen molar-refractivity contribution in [1.82, 2.24) is 9.88 Å². The van der Waals surface area contributed by atoms with Crippen LogP contribution in [0, 0.1) is 0 Å². The Bertz CT molecular complexity index is 1100. The SMILES string of the molecule is COCCOc1ccc2c(N)c(-c3ccc(C(=O)NC4CC4)cc3)n(C3CCC3)c2c1. The van der Waals surface area contributed by atoms with Crippen LogP contribution >= 0.6 is 0 Å². The van der Waals surface area contributed by atoms with Crippen LogP contribution in [0.25, 0.3) is 22.2 Å². The zero-order valence-corrected chi connectivity index (χ0v) is 17.9. The van der Waals surface area contributed by atoms with Gasteiger partial charge in [-0.05, 0) is 56.4 Å². The topological polar surface area (TPSA) is 78.5 Å². The van der Waals surface area contributed by atoms with Gasteiger partial charge < -0.3 is 25.1 Å². The highest BCUT2D eigenvalue weighted by atomic mass is 16.5. The molecule has 1 amide bonds. The number of amides is 1. The molecule has 5 rings (SSSR count). The molecule has 1 heterocycles. The molecule has 2 fully saturated rings. The summed E-state index contributed by atoms with van der Waals surface area (Å²) in [5.41, 5.74) is 11.3. The number of aromatic nitrogens is 1. The van der Waals surface area contributed by atoms with E-state index in [9.17, 15) is 4.79 Å². The van der Waals surface area contributed by atoms with Gasteiger partial charge in [0.05, 0.1) is 23.5 Å². The van der Waals surface area contributed by atoms with Gasteiger partial charge in [0.25, 0.3) is 5.91 Å². The van der Waals surface area contributed by atoms with Crippen LogP contribution in [0.4, 0.5) is 5.69 Å². The molecule has 0 aliphatic heterocycles. The summed E-state index contributed by atoms with van der Waals surface area (Å²) in [5.74, 6) is 0.820. The number of hydrogen-bond acceptors (Lipinski definition) is 4. The lowest BCUT2D eigenvalue weighted by Crippen LogP contribution is -2.25. The van der Waals surface area contributed by atoms with Crippen molar-refractivity contribution in [1.29, 1.82) is 0 Å². The Morgan fingerprint density at radius 3 is 2.52 bits per heavy atom. The van der Waals surface area contributed by atoms with Crippen LogP contribution in [0.5, 0.6) is 5.75 Å². The predicted molar refractivity (Wildman–Crippen MR) is 123 cm³/mol. The van der Waals surface area contributed by atoms with Crippen LogP contribution in [0.1, 0.15) is 48.5 Å². The van der Waals surface area contributed by atoms with Crippen molar-refractivity contribution in [2.45, 2.75) is 44.2 Å². The number of anilines is 1. The number of nitrogen functional groups attached to an aromatic ring is 1. The molecule has 0 spiro atoms. The normalized spacial score (nSPS) is 16.3. The summed E-state index contributed by atoms with van der Waals surface area (Å²) in [5, 5.41) is 4.08. The zero-order valence-electron chi connectivity index (χ0n) is 17.9. The molecule has 2 aliphatic carbocycles. The van der Waals surface area contributed by atoms with E-state index in [0.29, 0.717) is 30.9 Å². The van der Waals surface area contributed by atoms with Gasteiger partial charge in [0.2, 0.25) is 0 Å². The maximum Gasteiger partial charge on any atom is 0.251 e. The Kier molecular flexibility index (Phi) is 5.32. The minimum Gasteiger partial charge on any atom is -0.491 e. The number of methoxy groups -OCH3 is 1. The number of carbonyl (C=O) groups excluding carboxylic acids is 1. The lowest BCUT2D eigenvalue weighted by atomic mass is 9.92. The van der Waals surface area contributed by atoms with Crippen LogP contribution in [-0.4, -0.2) is 36.8 Å². The highest BCUT2D eigenvalue weighted by Crippen LogP contribution is 2.44. The van der Waals surface area contributed by atoms with Gasteiger partial charge in [-0.2, -0.15) is 0 Å². The Labute approximate surface area is 182 Å². The third kappa shape index (κ3) is 3.88. The number of carbonyl (C=O) groups is 1. The molecule has 0 bridgehead atoms. The molecule has 6 heteroatoms. The standard InChI is InChI=1S/C25H29N3O3/c1-30-13-14-31-20-11-12-21-22(15-20)28(19-3-2-4-19)24(23(21)26)16-5-7-17(8-6-16)25(29)27-18-9-10-18/h5-8,11-12,15,18-19H,2-4,9-10,13-14,26H2,1H3,(H,27,29). The Morgan fingerprint density at radius 2 is 1.87 bits per heavy atom. The van der Waals surface area contributed by atoms with Crippen molar-refractivity contribution in [3.63, 3.8) is 0 Å². The fourth-order valence-electron chi connectivity index (χ4n) is 4.24. The van der Waals surface area contributed by atoms with Gasteiger partial charge in [-0.25, -0.2) is 0 Å². The van der Waals surface area contributed by atoms with E-state index in [0.717, 1.165) is 59.3 Å². The van der Waals surface area contributed by atoms with Gasteiger partial charge in [0.1, 0.15) is 12.4 Å². The Balaban J connectivity index is 1.52. The molecule has 2 saturated carbocycles. The van der Waals surface area contributed by atoms with Crippen molar-refractivity contribution < 1.29 is 14.3 Å². The van der Waals surface area contributed by atoms with Crippen molar-refractivity contribution in [3.05, 3.63) is 48.0 Å². The van der Waals surface area contributed by atoms with Crippen LogP contribution in [0.15, 0.2) is 42.5 Å². The van der Waals surface area contributed by atoms with E-state index in [2.05, 4.69) is 16.0 Å². The van der Waals surface area contributed by atoms with E-state index >= 15 is 0 Å². The summed E-state index contributed by atoms with van der Waals surface area (Å²) in [7, 11) is 1.67. The summed E-state index contributed by atoms with van der Waals surface area (Å²) in [6.45, 7) is 1.06. The summed E-state index contributed by atoms with van der Waals surface area (Å²) in [4.78, 5) is 12.4. The number of nitrogens with two attached hydrogens (primary N) is 1. The number of nitrogens with one attached hydrogen (secondary N) is 1. The van der Waals surface area contributed by atoms with Crippen LogP contribution in [-0.2, 0) is 4.74 Å². The van der Waals surface area contributed by atoms with Crippen LogP contribution in [0.3, 0.4) is 0 Å². The van der Waals surface area contributed by atoms with Crippen LogP contribution in [0.2, 0.25) is 0 Å². The molecule has 0 radical (unpaired) electrons. The second kappa shape index (κ2) is 8.27. The fraction of sp³-hybridized carbons (Fsp3) is 0.400. The van der Waals surface area contributed by atoms with Crippen LogP contribution < -0.4 is 15.8 Å². The van der Waals surface area contributed by atoms with E-state index in [1.165, 1.54) is 6.42 Å². The number of ether oxygens (including phenoxy) is 2. The second-order valence-electron chi connectivity index (χ2n) is 8.56. The molecule has 0 atom stereocenters. The van der Waals surface area contributed by atoms with Gasteiger partial charge in [0.15, 0.2) is 0 Å². The van der Waals surface area contributed by atoms with Gasteiger partial charge in [-0.1, -0.05) is 12.1 Å². The molecule has 3 N–H and O–H groups in total. The summed E-state index contributed by atoms with van der Waals surface area (Å²) < 4.78 is 13.3. The van der Waals surface area contributed by atoms with E-state index in [1.807, 2.05) is 36.4 Å². The minimum atomic E-state index is -0.000548. The molecule has 162 valence electrons. The first-order valence-electron chi connectivity index (χ1n) is 11.1. The number of nitrogens with zero attached hydrogens (tertiary/aromatic N) is 1. The molecule has 31 heavy (non-hydrogen) atoms. The lowest BCUT2D eigenvalue weighted by Gasteiger charge is -2.30. The number of benzene rings is 2. The average Bonchev–Trinajstić information content (AvgIpc) is 3.51. The molecule has 1 aromatic heterocycles. The smallest absolute Gasteiger partial charge is 0.251 e. The first-order chi connectivity index (χ1) is 15.2. The minimum absolute atomic E-state index is 0.000548. The van der Waals surface area contributed by atoms with Crippen molar-refractivity contribution in [3.8, 4) is 17.0 Å². The molecule has 3 aromatic rings. The largest absolute Gasteiger partial charge is 0.491 e. The van der Waals surface area contributed by atoms with Gasteiger partial charge in [-0.15, -0.1) is 0 Å². The molecule has 2 aromatic carbocycles. The van der Waals surface area contributed by atoms with E-state index < -0.39 is 0 Å². The molecule has 0 saturated heterocycles. The molecule has 6 nitrogen and oxygen atoms in total. The number of hydrogen-bond donors (Lipinski definition) is 2. The predicted octanol–water partition coefficient (Wildman–Crippen LogP) is 4.53. The van der Waals surface area contributed by atoms with E-state index in [4.69, 9.17) is 15.2 Å². The Hall–Kier alpha value is -2.99. The fourth-order valence-corrected chi connectivity index (χ4v) is 4.24. The molecular formula is C25H29N3O3. The third-order valence-electron chi connectivity index (χ3n) is 6.34. The quantitative estimate of drug-likeness (QED) is 0.526. The first-order valence-corrected chi connectivity index (χ1v) is 11.1. The van der Waals surface area contributed by atoms with Gasteiger partial charge in [-0.3, -0.25) is 4.79 Å². The van der Waals surface area contributed by atoms with Crippen molar-refractivity contribution in [2.24, 2.45) is 0 Å². The summed E-state index contributed by atoms with van der Waals surface area (Å²) >= 11 is 0. The summed E-state index contributed by atoms with van der Waals surface area (Å²) in [6.07, 6.45) is 5.69. The van der Waals surface area contributed by atoms with Crippen molar-refractivity contribution >= 4 is 22.5 Å². The summed E-state index contributed by atoms with van der Waals surface area (Å²) in [6, 6.07) is 14.7. The number of rotatable bonds is 8. The lowest BCUT2D eigenvalue weighted by molar-refractivity contribution is 0.0951. The molecular weight excluding hydrogens is 390 g/mol. The second-order valence-corrected chi connectivity index (χ2v) is 8.56. The highest BCUT2D eigenvalue weighted by molar-refractivity contribution is 6.02. The monoisotopic (exact) mass is 419 g/mol. The average molecular weight is 420 g/mol. The van der Waals surface area contributed by atoms with E-state index in [-0.39, 0.29) is 5.91 Å². The zero-order chi connectivity index (χ0) is 21.4. The van der Waals surface area contributed by atoms with Gasteiger partial charge >= 0.3 is 0 Å². The maximum absolute atomic E-state index is 12.4. The Morgan fingerprint density at radius 1 is 1.10 bits per heavy atom. The third-order valence-corrected chi connectivity index (χ3v) is 6.34. The maximum atomic E-state index is 12.4. The molecule has 0 unspecified atom stereocenters. The number of fused-ring (bicyclic) bond motifs is 1. The first kappa shape index (κ1) is 19.9. The highest BCUT2D eigenvalue weighted by Gasteiger charge is 2.27. The molecule has 2 aliphatic rings.